The first-order valence-electron chi connectivity index (χ1n) is 33.9. The Morgan fingerprint density at radius 3 is 0.929 bits per heavy atom. The van der Waals surface area contributed by atoms with Crippen molar-refractivity contribution in [1.29, 1.82) is 0 Å². The van der Waals surface area contributed by atoms with Crippen molar-refractivity contribution in [3.63, 3.8) is 0 Å². The van der Waals surface area contributed by atoms with Crippen molar-refractivity contribution in [2.75, 3.05) is 46.4 Å². The minimum Gasteiger partial charge on any atom is -0.478 e. The second-order valence-electron chi connectivity index (χ2n) is 28.6. The van der Waals surface area contributed by atoms with E-state index < -0.39 is 28.7 Å². The highest BCUT2D eigenvalue weighted by molar-refractivity contribution is 5.99. The standard InChI is InChI=1S/C21H26N2O4.C20H25N3O3.C20H24N2O4.C16H18N2O.ClH/c1-21(2,3)27-20(25)23-11-8-14(9-12-23)16-7-10-22-18-6-5-15(13-17(16)18)19(24)26-4;1-20(2,3)26-19(25)23-10-7-13(8-11-23)15-6-9-22-17-5-4-14(18(21)24)12-16(15)17;1-20(2,3)26-19(25)22-10-7-13(8-11-22)15-6-9-21-17-5-4-14(18(23)24)12-16(15)17;17-16(19)12-6-7-15-14(10-12)13(8-9-18-15)11-4-2-1-3-5-11;/h5-7,10,13-14H,8-9,11-12H2,1-4H3;4-6,9,12-13H,7-8,10-11H2,1-3H3,(H2,21,24);4-6,9,12-13H,7-8,10-11H2,1-3H3,(H,23,24);6-11H,1-5H2,(H2,17,19);1H. The van der Waals surface area contributed by atoms with Gasteiger partial charge in [-0.3, -0.25) is 29.5 Å². The number of halogens is 1. The first-order chi connectivity index (χ1) is 46.5. The number of hydrogen-bond donors (Lipinski definition) is 3. The Bertz CT molecular complexity index is 4070. The average molecular weight is 1370 g/mol. The van der Waals surface area contributed by atoms with E-state index >= 15 is 0 Å². The van der Waals surface area contributed by atoms with Gasteiger partial charge >= 0.3 is 30.2 Å². The molecule has 4 aromatic heterocycles. The minimum absolute atomic E-state index is 0. The van der Waals surface area contributed by atoms with Gasteiger partial charge in [0.15, 0.2) is 0 Å². The van der Waals surface area contributed by atoms with Crippen LogP contribution < -0.4 is 11.5 Å². The summed E-state index contributed by atoms with van der Waals surface area (Å²) in [5.74, 6) is -0.635. The van der Waals surface area contributed by atoms with Gasteiger partial charge in [0.25, 0.3) is 0 Å². The number of esters is 1. The lowest BCUT2D eigenvalue weighted by molar-refractivity contribution is 0.0194. The smallest absolute Gasteiger partial charge is 0.410 e. The molecule has 0 radical (unpaired) electrons. The molecule has 1 saturated carbocycles. The van der Waals surface area contributed by atoms with Crippen molar-refractivity contribution in [1.82, 2.24) is 34.6 Å². The zero-order valence-corrected chi connectivity index (χ0v) is 59.3. The maximum absolute atomic E-state index is 12.3. The van der Waals surface area contributed by atoms with Gasteiger partial charge < -0.3 is 50.2 Å². The highest BCUT2D eigenvalue weighted by atomic mass is 35.5. The summed E-state index contributed by atoms with van der Waals surface area (Å²) >= 11 is 0. The molecular formula is C77H94ClN9O12. The van der Waals surface area contributed by atoms with Gasteiger partial charge in [-0.2, -0.15) is 0 Å². The summed E-state index contributed by atoms with van der Waals surface area (Å²) in [7, 11) is 1.38. The summed E-state index contributed by atoms with van der Waals surface area (Å²) in [6.45, 7) is 20.7. The molecule has 3 saturated heterocycles. The van der Waals surface area contributed by atoms with Crippen LogP contribution in [0.3, 0.4) is 0 Å². The van der Waals surface area contributed by atoms with E-state index in [1.807, 2.05) is 123 Å². The van der Waals surface area contributed by atoms with Crippen molar-refractivity contribution >= 4 is 98.1 Å². The van der Waals surface area contributed by atoms with Gasteiger partial charge in [-0.25, -0.2) is 24.0 Å². The number of carboxylic acid groups (broad SMARTS) is 1. The number of piperidine rings is 3. The summed E-state index contributed by atoms with van der Waals surface area (Å²) in [6.07, 6.45) is 17.9. The number of carboxylic acids is 1. The predicted octanol–water partition coefficient (Wildman–Crippen LogP) is 15.4. The number of aromatic nitrogens is 4. The number of amides is 5. The maximum atomic E-state index is 12.3. The Morgan fingerprint density at radius 1 is 0.394 bits per heavy atom. The van der Waals surface area contributed by atoms with Gasteiger partial charge in [-0.05, 0) is 257 Å². The van der Waals surface area contributed by atoms with Crippen LogP contribution in [0.4, 0.5) is 14.4 Å². The summed E-state index contributed by atoms with van der Waals surface area (Å²) in [6, 6.07) is 29.4. The largest absolute Gasteiger partial charge is 0.478 e. The molecule has 4 aliphatic rings. The predicted molar refractivity (Wildman–Crippen MR) is 385 cm³/mol. The SMILES string of the molecule is CC(C)(C)OC(=O)N1CCC(c2ccnc3ccc(C(=O)O)cc23)CC1.CC(C)(C)OC(=O)N1CCC(c2ccnc3ccc(C(N)=O)cc23)CC1.COC(=O)c1ccc2nccc(C3CCN(C(=O)OC(C)(C)C)CC3)c2c1.Cl.NC(=O)c1ccc2nccc(C3CCCCC3)c2c1. The molecule has 4 aromatic carbocycles. The molecule has 526 valence electrons. The lowest BCUT2D eigenvalue weighted by atomic mass is 9.82. The molecule has 99 heavy (non-hydrogen) atoms. The topological polar surface area (TPSA) is 290 Å². The van der Waals surface area contributed by atoms with Gasteiger partial charge in [0.1, 0.15) is 16.8 Å². The number of pyridine rings is 4. The Labute approximate surface area is 585 Å². The zero-order chi connectivity index (χ0) is 70.6. The number of nitrogens with two attached hydrogens (primary N) is 2. The van der Waals surface area contributed by atoms with Gasteiger partial charge in [0.05, 0.1) is 40.3 Å². The molecule has 8 aromatic rings. The molecule has 21 nitrogen and oxygen atoms in total. The van der Waals surface area contributed by atoms with Gasteiger partial charge in [0, 0.05) is 96.7 Å². The Morgan fingerprint density at radius 2 is 0.657 bits per heavy atom. The number of carbonyl (C=O) groups is 7. The Kier molecular flexibility index (Phi) is 25.0. The number of rotatable bonds is 8. The van der Waals surface area contributed by atoms with Crippen molar-refractivity contribution in [2.45, 2.75) is 173 Å². The lowest BCUT2D eigenvalue weighted by Gasteiger charge is -2.34. The van der Waals surface area contributed by atoms with E-state index in [1.54, 1.807) is 69.7 Å². The fourth-order valence-electron chi connectivity index (χ4n) is 13.3. The van der Waals surface area contributed by atoms with Crippen LogP contribution in [0.5, 0.6) is 0 Å². The average Bonchev–Trinajstić information content (AvgIpc) is 0.815. The van der Waals surface area contributed by atoms with Crippen LogP contribution in [0.15, 0.2) is 122 Å². The molecule has 12 rings (SSSR count). The zero-order valence-electron chi connectivity index (χ0n) is 58.5. The van der Waals surface area contributed by atoms with E-state index in [2.05, 4.69) is 26.0 Å². The van der Waals surface area contributed by atoms with Gasteiger partial charge in [-0.15, -0.1) is 12.4 Å². The molecule has 4 fully saturated rings. The molecule has 1 aliphatic carbocycles. The van der Waals surface area contributed by atoms with Gasteiger partial charge in [-0.1, -0.05) is 19.3 Å². The third kappa shape index (κ3) is 20.1. The van der Waals surface area contributed by atoms with E-state index in [1.165, 1.54) is 44.8 Å². The van der Waals surface area contributed by atoms with Gasteiger partial charge in [0.2, 0.25) is 11.8 Å². The number of ether oxygens (including phenoxy) is 4. The third-order valence-corrected chi connectivity index (χ3v) is 18.1. The molecule has 3 aliphatic heterocycles. The minimum atomic E-state index is -0.943. The lowest BCUT2D eigenvalue weighted by Crippen LogP contribution is -2.41. The van der Waals surface area contributed by atoms with E-state index in [0.717, 1.165) is 98.8 Å². The first kappa shape index (κ1) is 75.3. The molecular weight excluding hydrogens is 1280 g/mol. The number of likely N-dealkylation sites (tertiary alicyclic amines) is 3. The van der Waals surface area contributed by atoms with Crippen LogP contribution in [-0.4, -0.2) is 145 Å². The normalized spacial score (nSPS) is 15.8. The number of fused-ring (bicyclic) bond motifs is 4. The van der Waals surface area contributed by atoms with Crippen LogP contribution >= 0.6 is 12.4 Å². The van der Waals surface area contributed by atoms with Crippen molar-refractivity contribution in [3.05, 3.63) is 166 Å². The number of primary amides is 2. The Hall–Kier alpha value is -9.50. The summed E-state index contributed by atoms with van der Waals surface area (Å²) in [4.78, 5) is 106. The second kappa shape index (κ2) is 32.9. The van der Waals surface area contributed by atoms with E-state index in [9.17, 15) is 38.7 Å². The summed E-state index contributed by atoms with van der Waals surface area (Å²) in [5, 5.41) is 13.1. The fourth-order valence-corrected chi connectivity index (χ4v) is 13.3. The monoisotopic (exact) mass is 1370 g/mol. The Balaban J connectivity index is 0.000000169. The van der Waals surface area contributed by atoms with Crippen molar-refractivity contribution in [2.24, 2.45) is 11.5 Å². The molecule has 22 heteroatoms. The number of benzene rings is 4. The van der Waals surface area contributed by atoms with Crippen LogP contribution in [0.2, 0.25) is 0 Å². The third-order valence-electron chi connectivity index (χ3n) is 18.1. The molecule has 0 unspecified atom stereocenters. The molecule has 7 heterocycles. The highest BCUT2D eigenvalue weighted by Gasteiger charge is 2.32. The van der Waals surface area contributed by atoms with Crippen LogP contribution in [0.1, 0.15) is 220 Å². The molecule has 0 atom stereocenters. The first-order valence-corrected chi connectivity index (χ1v) is 33.9. The van der Waals surface area contributed by atoms with E-state index in [0.29, 0.717) is 73.7 Å². The van der Waals surface area contributed by atoms with E-state index in [4.69, 9.17) is 30.4 Å². The number of nitrogens with zero attached hydrogens (tertiary/aromatic N) is 7. The van der Waals surface area contributed by atoms with Crippen LogP contribution in [0, 0.1) is 0 Å². The van der Waals surface area contributed by atoms with Crippen LogP contribution in [-0.2, 0) is 18.9 Å². The number of hydrogen-bond acceptors (Lipinski definition) is 15. The van der Waals surface area contributed by atoms with Crippen molar-refractivity contribution < 1.29 is 57.6 Å². The second-order valence-corrected chi connectivity index (χ2v) is 28.6. The van der Waals surface area contributed by atoms with E-state index in [-0.39, 0.29) is 54.0 Å². The fraction of sp³-hybridized carbons (Fsp3) is 0.442. The molecule has 5 amide bonds. The van der Waals surface area contributed by atoms with Crippen molar-refractivity contribution in [3.8, 4) is 0 Å². The quantitative estimate of drug-likeness (QED) is 0.0941. The molecule has 5 N–H and O–H groups in total. The molecule has 0 bridgehead atoms. The van der Waals surface area contributed by atoms with Crippen LogP contribution in [0.25, 0.3) is 43.6 Å². The summed E-state index contributed by atoms with van der Waals surface area (Å²) < 4.78 is 21.2. The summed E-state index contributed by atoms with van der Waals surface area (Å²) in [5.41, 5.74) is 19.3. The number of carbonyl (C=O) groups excluding carboxylic acids is 6. The number of methoxy groups -OCH3 is 1. The molecule has 0 spiro atoms. The highest BCUT2D eigenvalue weighted by Crippen LogP contribution is 2.39. The number of aromatic carboxylic acids is 1. The maximum Gasteiger partial charge on any atom is 0.410 e.